The molecule has 0 radical (unpaired) electrons. The van der Waals surface area contributed by atoms with Crippen molar-refractivity contribution >= 4 is 15.9 Å². The first-order valence-electron chi connectivity index (χ1n) is 7.54. The van der Waals surface area contributed by atoms with Crippen LogP contribution in [-0.2, 0) is 13.1 Å². The highest BCUT2D eigenvalue weighted by Crippen LogP contribution is 2.38. The zero-order valence-corrected chi connectivity index (χ0v) is 14.6. The van der Waals surface area contributed by atoms with Crippen molar-refractivity contribution in [3.05, 3.63) is 46.1 Å². The third kappa shape index (κ3) is 4.14. The quantitative estimate of drug-likeness (QED) is 0.864. The molecule has 2 aromatic rings. The van der Waals surface area contributed by atoms with Gasteiger partial charge in [0.15, 0.2) is 11.5 Å². The number of halogens is 1. The van der Waals surface area contributed by atoms with Crippen LogP contribution in [0.3, 0.4) is 0 Å². The summed E-state index contributed by atoms with van der Waals surface area (Å²) in [7, 11) is 1.61. The standard InChI is InChI=1S/C17H19BrN2O3/c1-21-16-4-3-12(11-20-16)9-19-10-13-7-14(18)17-15(8-13)22-5-2-6-23-17/h3-4,7-8,11,19H,2,5-6,9-10H2,1H3. The number of hydrogen-bond donors (Lipinski definition) is 1. The summed E-state index contributed by atoms with van der Waals surface area (Å²) in [4.78, 5) is 4.20. The van der Waals surface area contributed by atoms with E-state index >= 15 is 0 Å². The summed E-state index contributed by atoms with van der Waals surface area (Å²) in [5, 5.41) is 3.41. The van der Waals surface area contributed by atoms with Crippen LogP contribution in [0.4, 0.5) is 0 Å². The molecule has 0 fully saturated rings. The number of ether oxygens (including phenoxy) is 3. The van der Waals surface area contributed by atoms with Crippen LogP contribution in [0, 0.1) is 0 Å². The lowest BCUT2D eigenvalue weighted by molar-refractivity contribution is 0.296. The average molecular weight is 379 g/mol. The summed E-state index contributed by atoms with van der Waals surface area (Å²) in [5.41, 5.74) is 2.25. The smallest absolute Gasteiger partial charge is 0.212 e. The maximum Gasteiger partial charge on any atom is 0.212 e. The molecule has 1 aliphatic rings. The van der Waals surface area contributed by atoms with E-state index in [0.717, 1.165) is 46.6 Å². The topological polar surface area (TPSA) is 52.6 Å². The van der Waals surface area contributed by atoms with Gasteiger partial charge in [0, 0.05) is 31.8 Å². The van der Waals surface area contributed by atoms with E-state index < -0.39 is 0 Å². The molecule has 2 heterocycles. The van der Waals surface area contributed by atoms with Crippen molar-refractivity contribution in [1.82, 2.24) is 10.3 Å². The summed E-state index contributed by atoms with van der Waals surface area (Å²) in [6, 6.07) is 7.96. The minimum Gasteiger partial charge on any atom is -0.490 e. The lowest BCUT2D eigenvalue weighted by Gasteiger charge is -2.12. The van der Waals surface area contributed by atoms with E-state index in [4.69, 9.17) is 14.2 Å². The normalized spacial score (nSPS) is 13.5. The molecule has 122 valence electrons. The molecule has 6 heteroatoms. The number of hydrogen-bond acceptors (Lipinski definition) is 5. The zero-order valence-electron chi connectivity index (χ0n) is 13.0. The third-order valence-electron chi connectivity index (χ3n) is 3.53. The van der Waals surface area contributed by atoms with Gasteiger partial charge in [-0.25, -0.2) is 4.98 Å². The van der Waals surface area contributed by atoms with E-state index in [2.05, 4.69) is 32.3 Å². The van der Waals surface area contributed by atoms with Crippen molar-refractivity contribution in [3.63, 3.8) is 0 Å². The molecule has 23 heavy (non-hydrogen) atoms. The first-order chi connectivity index (χ1) is 11.3. The van der Waals surface area contributed by atoms with Gasteiger partial charge in [-0.15, -0.1) is 0 Å². The SMILES string of the molecule is COc1ccc(CNCc2cc(Br)c3c(c2)OCCCO3)cn1. The van der Waals surface area contributed by atoms with Gasteiger partial charge in [-0.05, 0) is 39.2 Å². The van der Waals surface area contributed by atoms with E-state index in [0.29, 0.717) is 19.1 Å². The maximum atomic E-state index is 5.75. The highest BCUT2D eigenvalue weighted by molar-refractivity contribution is 9.10. The van der Waals surface area contributed by atoms with Gasteiger partial charge >= 0.3 is 0 Å². The van der Waals surface area contributed by atoms with Crippen molar-refractivity contribution in [2.45, 2.75) is 19.5 Å². The summed E-state index contributed by atoms with van der Waals surface area (Å²) >= 11 is 3.56. The van der Waals surface area contributed by atoms with Gasteiger partial charge in [-0.1, -0.05) is 6.07 Å². The molecule has 0 atom stereocenters. The second kappa shape index (κ2) is 7.66. The van der Waals surface area contributed by atoms with Crippen LogP contribution in [0.1, 0.15) is 17.5 Å². The van der Waals surface area contributed by atoms with Gasteiger partial charge in [0.25, 0.3) is 0 Å². The number of fused-ring (bicyclic) bond motifs is 1. The molecule has 3 rings (SSSR count). The lowest BCUT2D eigenvalue weighted by Crippen LogP contribution is -2.13. The minimum atomic E-state index is 0.626. The minimum absolute atomic E-state index is 0.626. The highest BCUT2D eigenvalue weighted by atomic mass is 79.9. The molecule has 1 N–H and O–H groups in total. The fourth-order valence-electron chi connectivity index (χ4n) is 2.37. The summed E-state index contributed by atoms with van der Waals surface area (Å²) in [6.07, 6.45) is 2.72. The number of benzene rings is 1. The number of nitrogens with one attached hydrogen (secondary N) is 1. The summed E-state index contributed by atoms with van der Waals surface area (Å²) in [6.45, 7) is 2.85. The van der Waals surface area contributed by atoms with Gasteiger partial charge in [0.05, 0.1) is 24.8 Å². The second-order valence-corrected chi connectivity index (χ2v) is 6.12. The van der Waals surface area contributed by atoms with Crippen molar-refractivity contribution in [3.8, 4) is 17.4 Å². The molecule has 0 aliphatic carbocycles. The van der Waals surface area contributed by atoms with Crippen LogP contribution in [0.5, 0.6) is 17.4 Å². The van der Waals surface area contributed by atoms with E-state index in [1.807, 2.05) is 24.4 Å². The first-order valence-corrected chi connectivity index (χ1v) is 8.33. The number of methoxy groups -OCH3 is 1. The Morgan fingerprint density at radius 3 is 2.78 bits per heavy atom. The van der Waals surface area contributed by atoms with Crippen LogP contribution in [0.15, 0.2) is 34.9 Å². The molecule has 5 nitrogen and oxygen atoms in total. The third-order valence-corrected chi connectivity index (χ3v) is 4.12. The first kappa shape index (κ1) is 16.1. The molecule has 1 aromatic carbocycles. The van der Waals surface area contributed by atoms with E-state index in [1.165, 1.54) is 0 Å². The second-order valence-electron chi connectivity index (χ2n) is 5.27. The lowest BCUT2D eigenvalue weighted by atomic mass is 10.2. The molecular formula is C17H19BrN2O3. The molecule has 0 saturated carbocycles. The van der Waals surface area contributed by atoms with Crippen LogP contribution in [0.25, 0.3) is 0 Å². The largest absolute Gasteiger partial charge is 0.490 e. The van der Waals surface area contributed by atoms with Crippen LogP contribution >= 0.6 is 15.9 Å². The van der Waals surface area contributed by atoms with Crippen LogP contribution in [0.2, 0.25) is 0 Å². The van der Waals surface area contributed by atoms with Crippen molar-refractivity contribution in [2.24, 2.45) is 0 Å². The molecule has 0 saturated heterocycles. The zero-order chi connectivity index (χ0) is 16.1. The Balaban J connectivity index is 1.61. The Bertz CT molecular complexity index is 662. The highest BCUT2D eigenvalue weighted by Gasteiger charge is 2.15. The summed E-state index contributed by atoms with van der Waals surface area (Å²) in [5.74, 6) is 2.23. The van der Waals surface area contributed by atoms with Gasteiger partial charge in [-0.2, -0.15) is 0 Å². The average Bonchev–Trinajstić information content (AvgIpc) is 2.81. The Kier molecular flexibility index (Phi) is 5.35. The van der Waals surface area contributed by atoms with E-state index in [1.54, 1.807) is 7.11 Å². The van der Waals surface area contributed by atoms with Gasteiger partial charge in [0.1, 0.15) is 0 Å². The molecule has 0 unspecified atom stereocenters. The maximum absolute atomic E-state index is 5.75. The predicted octanol–water partition coefficient (Wildman–Crippen LogP) is 3.30. The number of aromatic nitrogens is 1. The Hall–Kier alpha value is -1.79. The Morgan fingerprint density at radius 1 is 1.17 bits per heavy atom. The van der Waals surface area contributed by atoms with Gasteiger partial charge in [-0.3, -0.25) is 0 Å². The van der Waals surface area contributed by atoms with Crippen molar-refractivity contribution < 1.29 is 14.2 Å². The monoisotopic (exact) mass is 378 g/mol. The Morgan fingerprint density at radius 2 is 2.00 bits per heavy atom. The van der Waals surface area contributed by atoms with Crippen LogP contribution < -0.4 is 19.5 Å². The molecule has 1 aromatic heterocycles. The molecular weight excluding hydrogens is 360 g/mol. The summed E-state index contributed by atoms with van der Waals surface area (Å²) < 4.78 is 17.5. The number of pyridine rings is 1. The fraction of sp³-hybridized carbons (Fsp3) is 0.353. The number of rotatable bonds is 5. The molecule has 0 bridgehead atoms. The predicted molar refractivity (Wildman–Crippen MR) is 91.1 cm³/mol. The molecule has 0 spiro atoms. The Labute approximate surface area is 144 Å². The van der Waals surface area contributed by atoms with Crippen molar-refractivity contribution in [1.29, 1.82) is 0 Å². The number of nitrogens with zero attached hydrogens (tertiary/aromatic N) is 1. The van der Waals surface area contributed by atoms with E-state index in [9.17, 15) is 0 Å². The van der Waals surface area contributed by atoms with E-state index in [-0.39, 0.29) is 0 Å². The van der Waals surface area contributed by atoms with Gasteiger partial charge < -0.3 is 19.5 Å². The van der Waals surface area contributed by atoms with Crippen molar-refractivity contribution in [2.75, 3.05) is 20.3 Å². The van der Waals surface area contributed by atoms with Gasteiger partial charge in [0.2, 0.25) is 5.88 Å². The molecule has 1 aliphatic heterocycles. The molecule has 0 amide bonds. The fourth-order valence-corrected chi connectivity index (χ4v) is 2.98. The van der Waals surface area contributed by atoms with Crippen LogP contribution in [-0.4, -0.2) is 25.3 Å².